The second-order valence-electron chi connectivity index (χ2n) is 8.78. The number of rotatable bonds is 6. The Hall–Kier alpha value is -4.03. The van der Waals surface area contributed by atoms with Crippen molar-refractivity contribution in [2.24, 2.45) is 5.73 Å². The van der Waals surface area contributed by atoms with Crippen LogP contribution in [-0.2, 0) is 17.8 Å². The van der Waals surface area contributed by atoms with Crippen LogP contribution in [0.15, 0.2) is 11.1 Å². The molecule has 13 nitrogen and oxygen atoms in total. The molecule has 2 amide bonds. The first kappa shape index (κ1) is 24.1. The average molecular weight is 484 g/mol. The Balaban J connectivity index is 1.70. The Morgan fingerprint density at radius 2 is 1.86 bits per heavy atom. The molecule has 35 heavy (non-hydrogen) atoms. The number of fused-ring (bicyclic) bond motifs is 1. The first-order chi connectivity index (χ1) is 16.6. The van der Waals surface area contributed by atoms with Gasteiger partial charge in [-0.1, -0.05) is 20.8 Å². The van der Waals surface area contributed by atoms with Gasteiger partial charge in [-0.2, -0.15) is 9.50 Å². The molecule has 1 aliphatic rings. The van der Waals surface area contributed by atoms with E-state index in [1.54, 1.807) is 16.4 Å². The Labute approximate surface area is 201 Å². The van der Waals surface area contributed by atoms with Crippen molar-refractivity contribution in [3.63, 3.8) is 0 Å². The van der Waals surface area contributed by atoms with Gasteiger partial charge in [-0.25, -0.2) is 9.97 Å². The number of aromatic nitrogens is 6. The first-order valence-corrected chi connectivity index (χ1v) is 11.5. The molecule has 186 valence electrons. The number of hydrogen-bond acceptors (Lipinski definition) is 9. The lowest BCUT2D eigenvalue weighted by atomic mass is 10.2. The summed E-state index contributed by atoms with van der Waals surface area (Å²) in [5.41, 5.74) is 6.51. The van der Waals surface area contributed by atoms with E-state index in [1.807, 2.05) is 25.7 Å². The van der Waals surface area contributed by atoms with Gasteiger partial charge < -0.3 is 25.2 Å². The van der Waals surface area contributed by atoms with Crippen LogP contribution in [0.5, 0.6) is 5.75 Å². The minimum Gasteiger partial charge on any atom is -0.504 e. The number of carbonyl (C=O) groups is 2. The zero-order valence-corrected chi connectivity index (χ0v) is 20.2. The van der Waals surface area contributed by atoms with Gasteiger partial charge in [0.05, 0.1) is 11.4 Å². The third-order valence-electron chi connectivity index (χ3n) is 6.10. The van der Waals surface area contributed by atoms with Crippen molar-refractivity contribution in [2.45, 2.75) is 46.6 Å². The van der Waals surface area contributed by atoms with E-state index in [0.717, 1.165) is 0 Å². The van der Waals surface area contributed by atoms with Gasteiger partial charge in [-0.3, -0.25) is 14.4 Å². The molecule has 0 radical (unpaired) electrons. The van der Waals surface area contributed by atoms with Gasteiger partial charge >= 0.3 is 0 Å². The summed E-state index contributed by atoms with van der Waals surface area (Å²) < 4.78 is 2.88. The molecular weight excluding hydrogens is 454 g/mol. The zero-order valence-electron chi connectivity index (χ0n) is 20.2. The van der Waals surface area contributed by atoms with Crippen LogP contribution in [0.25, 0.3) is 5.78 Å². The quantitative estimate of drug-likeness (QED) is 0.484. The van der Waals surface area contributed by atoms with E-state index in [-0.39, 0.29) is 35.2 Å². The average Bonchev–Trinajstić information content (AvgIpc) is 3.28. The normalized spacial score (nSPS) is 14.2. The van der Waals surface area contributed by atoms with Gasteiger partial charge in [0.25, 0.3) is 11.5 Å². The lowest BCUT2D eigenvalue weighted by Crippen LogP contribution is -2.51. The highest BCUT2D eigenvalue weighted by Crippen LogP contribution is 2.24. The Kier molecular flexibility index (Phi) is 6.41. The van der Waals surface area contributed by atoms with Crippen molar-refractivity contribution >= 4 is 23.3 Å². The largest absolute Gasteiger partial charge is 0.504 e. The molecule has 3 aromatic rings. The molecule has 3 aromatic heterocycles. The van der Waals surface area contributed by atoms with E-state index >= 15 is 0 Å². The van der Waals surface area contributed by atoms with Crippen LogP contribution >= 0.6 is 0 Å². The number of nitrogens with zero attached hydrogens (tertiary/aromatic N) is 8. The van der Waals surface area contributed by atoms with Gasteiger partial charge in [-0.15, -0.1) is 5.10 Å². The van der Waals surface area contributed by atoms with Crippen LogP contribution in [-0.4, -0.2) is 77.1 Å². The van der Waals surface area contributed by atoms with E-state index in [4.69, 9.17) is 5.73 Å². The van der Waals surface area contributed by atoms with Crippen LogP contribution in [0.1, 0.15) is 54.4 Å². The Bertz CT molecular complexity index is 1350. The zero-order chi connectivity index (χ0) is 25.4. The van der Waals surface area contributed by atoms with Crippen LogP contribution in [0.4, 0.5) is 5.69 Å². The van der Waals surface area contributed by atoms with Crippen molar-refractivity contribution in [1.29, 1.82) is 0 Å². The highest BCUT2D eigenvalue weighted by Gasteiger charge is 2.30. The number of anilines is 1. The number of nitrogens with two attached hydrogens (primary N) is 1. The van der Waals surface area contributed by atoms with Crippen molar-refractivity contribution < 1.29 is 14.7 Å². The fourth-order valence-corrected chi connectivity index (χ4v) is 4.25. The summed E-state index contributed by atoms with van der Waals surface area (Å²) in [6.07, 6.45) is 1.71. The van der Waals surface area contributed by atoms with Crippen molar-refractivity contribution in [3.05, 3.63) is 39.6 Å². The fraction of sp³-hybridized carbons (Fsp3) is 0.500. The number of aromatic hydroxyl groups is 1. The molecule has 0 saturated carbocycles. The molecule has 0 spiro atoms. The van der Waals surface area contributed by atoms with Crippen LogP contribution in [0, 0.1) is 6.92 Å². The third kappa shape index (κ3) is 4.29. The maximum Gasteiger partial charge on any atom is 0.299 e. The third-order valence-corrected chi connectivity index (χ3v) is 6.10. The summed E-state index contributed by atoms with van der Waals surface area (Å²) in [6, 6.07) is 0. The van der Waals surface area contributed by atoms with E-state index in [9.17, 15) is 19.5 Å². The number of aryl methyl sites for hydroxylation is 1. The Morgan fingerprint density at radius 1 is 1.17 bits per heavy atom. The number of amides is 2. The molecule has 0 aromatic carbocycles. The van der Waals surface area contributed by atoms with Gasteiger partial charge in [0, 0.05) is 32.1 Å². The molecule has 13 heteroatoms. The summed E-state index contributed by atoms with van der Waals surface area (Å²) >= 11 is 0. The van der Waals surface area contributed by atoms with E-state index in [2.05, 4.69) is 20.1 Å². The van der Waals surface area contributed by atoms with E-state index in [0.29, 0.717) is 55.5 Å². The summed E-state index contributed by atoms with van der Waals surface area (Å²) in [5, 5.41) is 14.6. The van der Waals surface area contributed by atoms with Crippen LogP contribution < -0.4 is 16.2 Å². The molecule has 1 saturated heterocycles. The van der Waals surface area contributed by atoms with Crippen LogP contribution in [0.2, 0.25) is 0 Å². The summed E-state index contributed by atoms with van der Waals surface area (Å²) in [5.74, 6) is -0.429. The first-order valence-electron chi connectivity index (χ1n) is 11.5. The lowest BCUT2D eigenvalue weighted by molar-refractivity contribution is -0.118. The fourth-order valence-electron chi connectivity index (χ4n) is 4.25. The molecule has 1 aliphatic heterocycles. The molecule has 3 N–H and O–H groups in total. The second kappa shape index (κ2) is 9.31. The second-order valence-corrected chi connectivity index (χ2v) is 8.78. The van der Waals surface area contributed by atoms with Gasteiger partial charge in [0.15, 0.2) is 17.3 Å². The van der Waals surface area contributed by atoms with Crippen LogP contribution in [0.3, 0.4) is 0 Å². The highest BCUT2D eigenvalue weighted by molar-refractivity contribution is 5.95. The maximum atomic E-state index is 13.6. The maximum absolute atomic E-state index is 13.6. The van der Waals surface area contributed by atoms with Crippen molar-refractivity contribution in [1.82, 2.24) is 34.0 Å². The summed E-state index contributed by atoms with van der Waals surface area (Å²) in [6.45, 7) is 8.56. The molecule has 4 rings (SSSR count). The molecule has 0 aliphatic carbocycles. The Morgan fingerprint density at radius 3 is 2.46 bits per heavy atom. The predicted molar refractivity (Wildman–Crippen MR) is 126 cm³/mol. The van der Waals surface area contributed by atoms with Gasteiger partial charge in [0.1, 0.15) is 18.6 Å². The minimum absolute atomic E-state index is 0.0127. The number of primary amides is 1. The number of hydrogen-bond donors (Lipinski definition) is 2. The predicted octanol–water partition coefficient (Wildman–Crippen LogP) is -0.171. The van der Waals surface area contributed by atoms with E-state index in [1.165, 1.54) is 10.8 Å². The smallest absolute Gasteiger partial charge is 0.299 e. The standard InChI is InChI=1S/C22H29N9O4/c1-5-14-17(21(35)31-22(30(14)10-15(23)32)26-19(27-31)12(2)3)28-6-8-29(9-7-28)20(34)16-18(33)13(4)24-11-25-16/h11-12,33H,5-10H2,1-4H3,(H2,23,32). The van der Waals surface area contributed by atoms with Crippen molar-refractivity contribution in [3.8, 4) is 5.75 Å². The monoisotopic (exact) mass is 483 g/mol. The van der Waals surface area contributed by atoms with Gasteiger partial charge in [-0.05, 0) is 13.3 Å². The SMILES string of the molecule is CCc1c(N2CCN(C(=O)c3ncnc(C)c3O)CC2)c(=O)n2nc(C(C)C)nc2n1CC(N)=O. The minimum atomic E-state index is -0.555. The lowest BCUT2D eigenvalue weighted by Gasteiger charge is -2.36. The summed E-state index contributed by atoms with van der Waals surface area (Å²) in [4.78, 5) is 54.2. The molecule has 4 heterocycles. The molecule has 1 fully saturated rings. The highest BCUT2D eigenvalue weighted by atomic mass is 16.3. The van der Waals surface area contributed by atoms with E-state index < -0.39 is 11.8 Å². The molecule has 0 bridgehead atoms. The van der Waals surface area contributed by atoms with Gasteiger partial charge in [0.2, 0.25) is 11.7 Å². The molecule has 0 unspecified atom stereocenters. The topological polar surface area (TPSA) is 165 Å². The summed E-state index contributed by atoms with van der Waals surface area (Å²) in [7, 11) is 0. The number of carbonyl (C=O) groups excluding carboxylic acids is 2. The molecule has 0 atom stereocenters. The number of piperazine rings is 1. The molecular formula is C22H29N9O4. The van der Waals surface area contributed by atoms with Crippen molar-refractivity contribution in [2.75, 3.05) is 31.1 Å².